The lowest BCUT2D eigenvalue weighted by Gasteiger charge is -2.32. The number of benzene rings is 2. The Morgan fingerprint density at radius 1 is 1.10 bits per heavy atom. The molecule has 2 aromatic heterocycles. The summed E-state index contributed by atoms with van der Waals surface area (Å²) < 4.78 is 5.48. The molecule has 0 spiro atoms. The number of hydrogen-bond donors (Lipinski definition) is 4. The SMILES string of the molecule is Nc1ccc(C(=O)N[C@H]2CCC[C@@H](Nc3ncc(Cl)c(-c4n[nH]c5ccccc45)n3)C2)c(N2CCOCC2)c1. The first-order valence-electron chi connectivity index (χ1n) is 13.3. The van der Waals surface area contributed by atoms with Gasteiger partial charge in [-0.25, -0.2) is 9.97 Å². The average Bonchev–Trinajstić information content (AvgIpc) is 3.39. The first kappa shape index (κ1) is 25.4. The molecule has 1 aliphatic carbocycles. The van der Waals surface area contributed by atoms with Crippen LogP contribution in [-0.2, 0) is 4.74 Å². The minimum Gasteiger partial charge on any atom is -0.399 e. The van der Waals surface area contributed by atoms with Crippen molar-refractivity contribution >= 4 is 45.7 Å². The molecule has 1 saturated heterocycles. The number of halogens is 1. The molecule has 2 fully saturated rings. The molecule has 10 nitrogen and oxygen atoms in total. The number of carbonyl (C=O) groups excluding carboxylic acids is 1. The Morgan fingerprint density at radius 3 is 2.79 bits per heavy atom. The van der Waals surface area contributed by atoms with E-state index in [1.807, 2.05) is 36.4 Å². The minimum atomic E-state index is -0.0856. The number of aromatic amines is 1. The Balaban J connectivity index is 1.15. The monoisotopic (exact) mass is 546 g/mol. The van der Waals surface area contributed by atoms with Gasteiger partial charge in [-0.2, -0.15) is 5.10 Å². The second-order valence-electron chi connectivity index (χ2n) is 10.1. The van der Waals surface area contributed by atoms with Gasteiger partial charge in [-0.15, -0.1) is 0 Å². The zero-order valence-electron chi connectivity index (χ0n) is 21.5. The molecule has 1 aliphatic heterocycles. The largest absolute Gasteiger partial charge is 0.399 e. The van der Waals surface area contributed by atoms with Crippen LogP contribution in [0.3, 0.4) is 0 Å². The molecule has 0 bridgehead atoms. The molecule has 1 saturated carbocycles. The number of anilines is 3. The van der Waals surface area contributed by atoms with Gasteiger partial charge in [0.1, 0.15) is 11.4 Å². The number of ether oxygens (including phenoxy) is 1. The Kier molecular flexibility index (Phi) is 7.21. The van der Waals surface area contributed by atoms with Gasteiger partial charge in [0.05, 0.1) is 41.2 Å². The van der Waals surface area contributed by atoms with Crippen molar-refractivity contribution in [2.75, 3.05) is 42.3 Å². The number of nitrogen functional groups attached to an aromatic ring is 1. The molecule has 5 N–H and O–H groups in total. The van der Waals surface area contributed by atoms with Gasteiger partial charge in [0.2, 0.25) is 5.95 Å². The van der Waals surface area contributed by atoms with Gasteiger partial charge in [0, 0.05) is 36.2 Å². The first-order valence-corrected chi connectivity index (χ1v) is 13.7. The van der Waals surface area contributed by atoms with E-state index in [0.29, 0.717) is 46.8 Å². The summed E-state index contributed by atoms with van der Waals surface area (Å²) in [4.78, 5) is 24.7. The van der Waals surface area contributed by atoms with E-state index in [-0.39, 0.29) is 18.0 Å². The number of aromatic nitrogens is 4. The van der Waals surface area contributed by atoms with Crippen LogP contribution >= 0.6 is 11.6 Å². The number of fused-ring (bicyclic) bond motifs is 1. The highest BCUT2D eigenvalue weighted by molar-refractivity contribution is 6.33. The van der Waals surface area contributed by atoms with Crippen molar-refractivity contribution in [3.8, 4) is 11.4 Å². The fourth-order valence-electron chi connectivity index (χ4n) is 5.45. The summed E-state index contributed by atoms with van der Waals surface area (Å²) in [5, 5.41) is 15.6. The van der Waals surface area contributed by atoms with Gasteiger partial charge >= 0.3 is 0 Å². The zero-order chi connectivity index (χ0) is 26.8. The predicted octanol–water partition coefficient (Wildman–Crippen LogP) is 4.25. The van der Waals surface area contributed by atoms with Gasteiger partial charge < -0.3 is 26.0 Å². The molecule has 2 atom stereocenters. The molecule has 39 heavy (non-hydrogen) atoms. The number of rotatable bonds is 6. The van der Waals surface area contributed by atoms with Crippen molar-refractivity contribution < 1.29 is 9.53 Å². The minimum absolute atomic E-state index is 0.0286. The second kappa shape index (κ2) is 11.1. The van der Waals surface area contributed by atoms with E-state index in [0.717, 1.165) is 55.4 Å². The fourth-order valence-corrected chi connectivity index (χ4v) is 5.63. The van der Waals surface area contributed by atoms with Crippen LogP contribution in [0.5, 0.6) is 0 Å². The number of amides is 1. The third-order valence-corrected chi connectivity index (χ3v) is 7.68. The summed E-state index contributed by atoms with van der Waals surface area (Å²) >= 11 is 6.48. The molecule has 2 aliphatic rings. The number of nitrogens with two attached hydrogens (primary N) is 1. The van der Waals surface area contributed by atoms with Gasteiger partial charge in [-0.1, -0.05) is 29.8 Å². The summed E-state index contributed by atoms with van der Waals surface area (Å²) in [6.07, 6.45) is 5.22. The van der Waals surface area contributed by atoms with Crippen LogP contribution < -0.4 is 21.3 Å². The van der Waals surface area contributed by atoms with E-state index in [4.69, 9.17) is 27.1 Å². The van der Waals surface area contributed by atoms with Crippen LogP contribution in [0.4, 0.5) is 17.3 Å². The molecule has 6 rings (SSSR count). The van der Waals surface area contributed by atoms with E-state index in [2.05, 4.69) is 30.7 Å². The topological polar surface area (TPSA) is 134 Å². The number of hydrogen-bond acceptors (Lipinski definition) is 8. The molecule has 4 aromatic rings. The standard InChI is InChI=1S/C28H31ClN8O2/c29-22-16-31-28(34-26(22)25-20-6-1-2-7-23(20)35-36-25)33-19-5-3-4-18(15-19)32-27(38)21-9-8-17(30)14-24(21)37-10-12-39-13-11-37/h1-2,6-9,14,16,18-19H,3-5,10-13,15,30H2,(H,32,38)(H,35,36)(H,31,33,34)/t18-,19+/m0/s1. The summed E-state index contributed by atoms with van der Waals surface area (Å²) in [6, 6.07) is 13.5. The maximum Gasteiger partial charge on any atom is 0.253 e. The van der Waals surface area contributed by atoms with Crippen LogP contribution in [0, 0.1) is 0 Å². The number of para-hydroxylation sites is 1. The van der Waals surface area contributed by atoms with Crippen LogP contribution in [0.25, 0.3) is 22.3 Å². The third-order valence-electron chi connectivity index (χ3n) is 7.40. The lowest BCUT2D eigenvalue weighted by molar-refractivity contribution is 0.0925. The van der Waals surface area contributed by atoms with Gasteiger partial charge in [0.25, 0.3) is 5.91 Å². The van der Waals surface area contributed by atoms with E-state index >= 15 is 0 Å². The summed E-state index contributed by atoms with van der Waals surface area (Å²) in [5.74, 6) is 0.407. The molecule has 0 radical (unpaired) electrons. The van der Waals surface area contributed by atoms with Crippen molar-refractivity contribution in [2.24, 2.45) is 0 Å². The van der Waals surface area contributed by atoms with Crippen LogP contribution in [0.2, 0.25) is 5.02 Å². The van der Waals surface area contributed by atoms with Crippen molar-refractivity contribution in [3.63, 3.8) is 0 Å². The van der Waals surface area contributed by atoms with E-state index in [9.17, 15) is 4.79 Å². The predicted molar refractivity (Wildman–Crippen MR) is 153 cm³/mol. The number of nitrogens with one attached hydrogen (secondary N) is 3. The van der Waals surface area contributed by atoms with E-state index in [1.54, 1.807) is 12.3 Å². The quantitative estimate of drug-likeness (QED) is 0.264. The Morgan fingerprint density at radius 2 is 1.92 bits per heavy atom. The van der Waals surface area contributed by atoms with E-state index in [1.165, 1.54) is 0 Å². The normalized spacial score (nSPS) is 19.7. The summed E-state index contributed by atoms with van der Waals surface area (Å²) in [5.41, 5.74) is 10.4. The highest BCUT2D eigenvalue weighted by atomic mass is 35.5. The molecular formula is C28H31ClN8O2. The fraction of sp³-hybridized carbons (Fsp3) is 0.357. The number of morpholine rings is 1. The van der Waals surface area contributed by atoms with Crippen molar-refractivity contribution in [1.29, 1.82) is 0 Å². The zero-order valence-corrected chi connectivity index (χ0v) is 22.2. The van der Waals surface area contributed by atoms with Gasteiger partial charge in [-0.05, 0) is 49.9 Å². The lowest BCUT2D eigenvalue weighted by Crippen LogP contribution is -2.43. The van der Waals surface area contributed by atoms with Gasteiger partial charge in [0.15, 0.2) is 0 Å². The Labute approximate surface area is 231 Å². The number of H-pyrrole nitrogens is 1. The highest BCUT2D eigenvalue weighted by Crippen LogP contribution is 2.31. The molecule has 202 valence electrons. The smallest absolute Gasteiger partial charge is 0.253 e. The molecule has 3 heterocycles. The van der Waals surface area contributed by atoms with E-state index < -0.39 is 0 Å². The number of carbonyl (C=O) groups is 1. The van der Waals surface area contributed by atoms with Crippen LogP contribution in [0.1, 0.15) is 36.0 Å². The Bertz CT molecular complexity index is 1490. The summed E-state index contributed by atoms with van der Waals surface area (Å²) in [6.45, 7) is 2.74. The average molecular weight is 547 g/mol. The van der Waals surface area contributed by atoms with Crippen LogP contribution in [0.15, 0.2) is 48.7 Å². The summed E-state index contributed by atoms with van der Waals surface area (Å²) in [7, 11) is 0. The molecule has 11 heteroatoms. The molecule has 2 aromatic carbocycles. The molecule has 0 unspecified atom stereocenters. The van der Waals surface area contributed by atoms with Crippen molar-refractivity contribution in [2.45, 2.75) is 37.8 Å². The third kappa shape index (κ3) is 5.48. The highest BCUT2D eigenvalue weighted by Gasteiger charge is 2.27. The second-order valence-corrected chi connectivity index (χ2v) is 10.5. The Hall–Kier alpha value is -3.89. The first-order chi connectivity index (χ1) is 19.0. The van der Waals surface area contributed by atoms with Crippen molar-refractivity contribution in [1.82, 2.24) is 25.5 Å². The number of nitrogens with zero attached hydrogens (tertiary/aromatic N) is 4. The van der Waals surface area contributed by atoms with Crippen LogP contribution in [-0.4, -0.2) is 64.5 Å². The van der Waals surface area contributed by atoms with Gasteiger partial charge in [-0.3, -0.25) is 9.89 Å². The molecular weight excluding hydrogens is 516 g/mol. The van der Waals surface area contributed by atoms with Crippen molar-refractivity contribution in [3.05, 3.63) is 59.2 Å². The molecule has 1 amide bonds. The maximum absolute atomic E-state index is 13.4. The maximum atomic E-state index is 13.4. The lowest BCUT2D eigenvalue weighted by atomic mass is 9.90.